The Kier molecular flexibility index (Phi) is 9.34. The zero-order valence-corrected chi connectivity index (χ0v) is 15.9. The van der Waals surface area contributed by atoms with Crippen LogP contribution in [0.4, 0.5) is 0 Å². The molecule has 0 atom stereocenters. The van der Waals surface area contributed by atoms with Crippen LogP contribution in [0.5, 0.6) is 0 Å². The van der Waals surface area contributed by atoms with Gasteiger partial charge in [0.05, 0.1) is 19.3 Å². The molecule has 1 fully saturated rings. The number of aryl methyl sites for hydroxylation is 1. The lowest BCUT2D eigenvalue weighted by molar-refractivity contribution is 0.0487. The number of hydrogen-bond donors (Lipinski definition) is 2. The van der Waals surface area contributed by atoms with E-state index in [9.17, 15) is 0 Å². The van der Waals surface area contributed by atoms with Crippen molar-refractivity contribution in [1.29, 1.82) is 0 Å². The van der Waals surface area contributed by atoms with Gasteiger partial charge in [-0.2, -0.15) is 0 Å². The first-order chi connectivity index (χ1) is 12.3. The minimum absolute atomic E-state index is 0.447. The maximum Gasteiger partial charge on any atom is 0.191 e. The van der Waals surface area contributed by atoms with Gasteiger partial charge in [-0.1, -0.05) is 31.7 Å². The highest BCUT2D eigenvalue weighted by molar-refractivity contribution is 5.79. The number of ether oxygens (including phenoxy) is 1. The van der Waals surface area contributed by atoms with E-state index in [4.69, 9.17) is 4.74 Å². The average Bonchev–Trinajstić information content (AvgIpc) is 2.89. The van der Waals surface area contributed by atoms with E-state index in [2.05, 4.69) is 39.7 Å². The zero-order valence-electron chi connectivity index (χ0n) is 15.9. The van der Waals surface area contributed by atoms with E-state index >= 15 is 0 Å². The Bertz CT molecular complexity index is 493. The molecule has 0 radical (unpaired) electrons. The molecule has 140 valence electrons. The molecular formula is C20H34N4O. The monoisotopic (exact) mass is 346 g/mol. The normalized spacial score (nSPS) is 16.5. The molecule has 2 rings (SSSR count). The topological polar surface area (TPSA) is 58.5 Å². The van der Waals surface area contributed by atoms with Crippen molar-refractivity contribution in [2.75, 3.05) is 26.2 Å². The molecule has 25 heavy (non-hydrogen) atoms. The van der Waals surface area contributed by atoms with Crippen molar-refractivity contribution in [3.05, 3.63) is 29.6 Å². The van der Waals surface area contributed by atoms with E-state index in [1.54, 1.807) is 0 Å². The van der Waals surface area contributed by atoms with Crippen molar-refractivity contribution in [1.82, 2.24) is 15.6 Å². The highest BCUT2D eigenvalue weighted by Gasteiger charge is 2.11. The first kappa shape index (κ1) is 19.7. The first-order valence-electron chi connectivity index (χ1n) is 9.83. The van der Waals surface area contributed by atoms with Crippen LogP contribution in [0.2, 0.25) is 0 Å². The molecule has 2 N–H and O–H groups in total. The number of nitrogens with one attached hydrogen (secondary N) is 2. The summed E-state index contributed by atoms with van der Waals surface area (Å²) in [7, 11) is 0. The minimum Gasteiger partial charge on any atom is -0.376 e. The Morgan fingerprint density at radius 2 is 2.00 bits per heavy atom. The van der Waals surface area contributed by atoms with Crippen molar-refractivity contribution in [2.45, 2.75) is 64.9 Å². The van der Waals surface area contributed by atoms with Crippen molar-refractivity contribution in [3.8, 4) is 0 Å². The number of aliphatic imine (C=N–C) groups is 1. The fourth-order valence-corrected chi connectivity index (χ4v) is 3.10. The summed E-state index contributed by atoms with van der Waals surface area (Å²) in [5.41, 5.74) is 2.30. The van der Waals surface area contributed by atoms with Gasteiger partial charge in [-0.05, 0) is 44.7 Å². The highest BCUT2D eigenvalue weighted by Crippen LogP contribution is 2.19. The number of aromatic nitrogens is 1. The quantitative estimate of drug-likeness (QED) is 0.328. The molecule has 1 aliphatic rings. The highest BCUT2D eigenvalue weighted by atomic mass is 16.5. The van der Waals surface area contributed by atoms with E-state index < -0.39 is 0 Å². The Morgan fingerprint density at radius 3 is 2.68 bits per heavy atom. The minimum atomic E-state index is 0.447. The second-order valence-corrected chi connectivity index (χ2v) is 6.73. The van der Waals surface area contributed by atoms with Gasteiger partial charge in [0.2, 0.25) is 0 Å². The van der Waals surface area contributed by atoms with Crippen molar-refractivity contribution in [3.63, 3.8) is 0 Å². The molecule has 0 amide bonds. The fraction of sp³-hybridized carbons (Fsp3) is 0.700. The number of rotatable bonds is 8. The molecule has 0 spiro atoms. The molecule has 1 saturated carbocycles. The maximum absolute atomic E-state index is 6.01. The Morgan fingerprint density at radius 1 is 1.20 bits per heavy atom. The Labute approximate surface area is 152 Å². The van der Waals surface area contributed by atoms with Crippen LogP contribution in [0.3, 0.4) is 0 Å². The Hall–Kier alpha value is -1.62. The number of hydrogen-bond acceptors (Lipinski definition) is 3. The summed E-state index contributed by atoms with van der Waals surface area (Å²) in [6, 6.07) is 4.19. The summed E-state index contributed by atoms with van der Waals surface area (Å²) in [6.07, 6.45) is 11.1. The smallest absolute Gasteiger partial charge is 0.191 e. The summed E-state index contributed by atoms with van der Waals surface area (Å²) < 4.78 is 6.01. The van der Waals surface area contributed by atoms with Crippen LogP contribution in [-0.2, 0) is 11.2 Å². The van der Waals surface area contributed by atoms with E-state index in [0.717, 1.165) is 31.2 Å². The van der Waals surface area contributed by atoms with Crippen molar-refractivity contribution < 1.29 is 4.74 Å². The summed E-state index contributed by atoms with van der Waals surface area (Å²) >= 11 is 0. The summed E-state index contributed by atoms with van der Waals surface area (Å²) in [4.78, 5) is 8.96. The van der Waals surface area contributed by atoms with Gasteiger partial charge in [0.15, 0.2) is 5.96 Å². The van der Waals surface area contributed by atoms with E-state index in [-0.39, 0.29) is 0 Å². The van der Waals surface area contributed by atoms with Crippen LogP contribution >= 0.6 is 0 Å². The summed E-state index contributed by atoms with van der Waals surface area (Å²) in [5, 5.41) is 6.68. The lowest BCUT2D eigenvalue weighted by Crippen LogP contribution is -2.38. The van der Waals surface area contributed by atoms with Gasteiger partial charge in [-0.25, -0.2) is 0 Å². The van der Waals surface area contributed by atoms with E-state index in [1.807, 2.05) is 13.1 Å². The molecule has 0 aromatic carbocycles. The third-order valence-corrected chi connectivity index (χ3v) is 4.54. The molecular weight excluding hydrogens is 312 g/mol. The van der Waals surface area contributed by atoms with Gasteiger partial charge < -0.3 is 15.4 Å². The molecule has 1 heterocycles. The number of pyridine rings is 1. The third-order valence-electron chi connectivity index (χ3n) is 4.54. The van der Waals surface area contributed by atoms with Gasteiger partial charge in [0.25, 0.3) is 0 Å². The van der Waals surface area contributed by atoms with Crippen LogP contribution in [0.1, 0.15) is 56.7 Å². The second-order valence-electron chi connectivity index (χ2n) is 6.73. The SMILES string of the molecule is CCNC(=NCCOC1CCCCCC1)NCCc1ccc(C)nc1. The lowest BCUT2D eigenvalue weighted by atomic mass is 10.1. The third kappa shape index (κ3) is 8.34. The molecule has 0 saturated heterocycles. The fourth-order valence-electron chi connectivity index (χ4n) is 3.10. The standard InChI is InChI=1S/C20H34N4O/c1-3-21-20(22-13-12-18-11-10-17(2)24-16-18)23-14-15-25-19-8-6-4-5-7-9-19/h10-11,16,19H,3-9,12-15H2,1-2H3,(H2,21,22,23). The van der Waals surface area contributed by atoms with Crippen molar-refractivity contribution >= 4 is 5.96 Å². The zero-order chi connectivity index (χ0) is 17.7. The van der Waals surface area contributed by atoms with Gasteiger partial charge in [0.1, 0.15) is 0 Å². The molecule has 0 unspecified atom stereocenters. The predicted molar refractivity (Wildman–Crippen MR) is 104 cm³/mol. The van der Waals surface area contributed by atoms with Crippen LogP contribution in [-0.4, -0.2) is 43.3 Å². The maximum atomic E-state index is 6.01. The van der Waals surface area contributed by atoms with E-state index in [0.29, 0.717) is 19.3 Å². The van der Waals surface area contributed by atoms with Gasteiger partial charge in [-0.15, -0.1) is 0 Å². The molecule has 1 aliphatic carbocycles. The molecule has 1 aromatic rings. The molecule has 0 aliphatic heterocycles. The molecule has 5 nitrogen and oxygen atoms in total. The second kappa shape index (κ2) is 11.9. The van der Waals surface area contributed by atoms with Crippen LogP contribution in [0.25, 0.3) is 0 Å². The van der Waals surface area contributed by atoms with Gasteiger partial charge >= 0.3 is 0 Å². The molecule has 5 heteroatoms. The predicted octanol–water partition coefficient (Wildman–Crippen LogP) is 3.23. The average molecular weight is 347 g/mol. The van der Waals surface area contributed by atoms with E-state index in [1.165, 1.54) is 44.1 Å². The Balaban J connectivity index is 1.67. The van der Waals surface area contributed by atoms with Crippen LogP contribution in [0, 0.1) is 6.92 Å². The van der Waals surface area contributed by atoms with Crippen LogP contribution < -0.4 is 10.6 Å². The van der Waals surface area contributed by atoms with Crippen LogP contribution in [0.15, 0.2) is 23.3 Å². The first-order valence-corrected chi connectivity index (χ1v) is 9.83. The summed E-state index contributed by atoms with van der Waals surface area (Å²) in [5.74, 6) is 0.868. The van der Waals surface area contributed by atoms with Gasteiger partial charge in [-0.3, -0.25) is 9.98 Å². The largest absolute Gasteiger partial charge is 0.376 e. The number of nitrogens with zero attached hydrogens (tertiary/aromatic N) is 2. The molecule has 1 aromatic heterocycles. The van der Waals surface area contributed by atoms with Gasteiger partial charge in [0, 0.05) is 25.0 Å². The van der Waals surface area contributed by atoms with Crippen molar-refractivity contribution in [2.24, 2.45) is 4.99 Å². The number of guanidine groups is 1. The summed E-state index contributed by atoms with van der Waals surface area (Å²) in [6.45, 7) is 7.22. The molecule has 0 bridgehead atoms. The lowest BCUT2D eigenvalue weighted by Gasteiger charge is -2.15.